The van der Waals surface area contributed by atoms with Crippen molar-refractivity contribution in [2.75, 3.05) is 6.54 Å². The van der Waals surface area contributed by atoms with E-state index in [1.807, 2.05) is 6.07 Å². The quantitative estimate of drug-likeness (QED) is 0.620. The number of carbonyl (C=O) groups excluding carboxylic acids is 1. The molecule has 32 heavy (non-hydrogen) atoms. The lowest BCUT2D eigenvalue weighted by molar-refractivity contribution is 0.0655. The van der Waals surface area contributed by atoms with Crippen molar-refractivity contribution >= 4 is 5.91 Å². The summed E-state index contributed by atoms with van der Waals surface area (Å²) in [7, 11) is 0. The molecule has 2 aliphatic rings. The summed E-state index contributed by atoms with van der Waals surface area (Å²) in [5, 5.41) is 13.1. The van der Waals surface area contributed by atoms with Gasteiger partial charge in [0.05, 0.1) is 6.10 Å². The van der Waals surface area contributed by atoms with Crippen LogP contribution in [0.2, 0.25) is 0 Å². The molecule has 174 valence electrons. The summed E-state index contributed by atoms with van der Waals surface area (Å²) < 4.78 is 5.93. The lowest BCUT2D eigenvalue weighted by atomic mass is 9.62. The summed E-state index contributed by atoms with van der Waals surface area (Å²) in [4.78, 5) is 12.6. The fourth-order valence-electron chi connectivity index (χ4n) is 5.48. The van der Waals surface area contributed by atoms with Gasteiger partial charge >= 0.3 is 0 Å². The highest BCUT2D eigenvalue weighted by molar-refractivity contribution is 5.91. The van der Waals surface area contributed by atoms with Crippen molar-refractivity contribution in [3.05, 3.63) is 58.0 Å². The van der Waals surface area contributed by atoms with Crippen LogP contribution >= 0.6 is 0 Å². The number of hydrogen-bond acceptors (Lipinski definition) is 3. The summed E-state index contributed by atoms with van der Waals surface area (Å²) >= 11 is 0. The van der Waals surface area contributed by atoms with Gasteiger partial charge in [-0.05, 0) is 77.8 Å². The number of nitrogens with one attached hydrogen (secondary N) is 1. The summed E-state index contributed by atoms with van der Waals surface area (Å²) in [6, 6.07) is 8.43. The number of aliphatic hydroxyl groups excluding tert-OH is 1. The number of amides is 1. The van der Waals surface area contributed by atoms with Crippen molar-refractivity contribution in [2.24, 2.45) is 5.92 Å². The van der Waals surface area contributed by atoms with Crippen LogP contribution in [0.15, 0.2) is 28.7 Å². The van der Waals surface area contributed by atoms with E-state index in [4.69, 9.17) is 4.42 Å². The molecule has 1 fully saturated rings. The molecule has 0 spiro atoms. The standard InChI is InChI=1S/C28H39NO3/c1-18-14-22-23(28(4,5)13-12-27(22,2)3)16-20(18)15-21-10-11-25(32-21)26(31)29-17-19-8-6-7-9-24(19)30/h10-11,14,16,19,24,30H,6-9,12-13,15,17H2,1-5H3,(H,29,31). The van der Waals surface area contributed by atoms with Crippen LogP contribution in [0.25, 0.3) is 0 Å². The topological polar surface area (TPSA) is 62.5 Å². The SMILES string of the molecule is Cc1cc2c(cc1Cc1ccc(C(=O)NCC3CCCCC3O)o1)C(C)(C)CCC2(C)C. The molecule has 1 amide bonds. The molecule has 2 aromatic rings. The van der Waals surface area contributed by atoms with Crippen LogP contribution in [0, 0.1) is 12.8 Å². The van der Waals surface area contributed by atoms with Crippen LogP contribution < -0.4 is 5.32 Å². The van der Waals surface area contributed by atoms with Crippen LogP contribution in [-0.2, 0) is 17.3 Å². The van der Waals surface area contributed by atoms with Crippen LogP contribution in [0.4, 0.5) is 0 Å². The Hall–Kier alpha value is -2.07. The van der Waals surface area contributed by atoms with Gasteiger partial charge in [-0.15, -0.1) is 0 Å². The van der Waals surface area contributed by atoms with Gasteiger partial charge in [0.1, 0.15) is 5.76 Å². The van der Waals surface area contributed by atoms with E-state index in [1.54, 1.807) is 6.07 Å². The van der Waals surface area contributed by atoms with Crippen LogP contribution in [0.5, 0.6) is 0 Å². The molecule has 4 rings (SSSR count). The lowest BCUT2D eigenvalue weighted by Gasteiger charge is -2.42. The first-order valence-corrected chi connectivity index (χ1v) is 12.3. The van der Waals surface area contributed by atoms with Gasteiger partial charge in [0.15, 0.2) is 5.76 Å². The van der Waals surface area contributed by atoms with Crippen LogP contribution in [-0.4, -0.2) is 23.7 Å². The minimum absolute atomic E-state index is 0.146. The molecule has 2 unspecified atom stereocenters. The number of aliphatic hydroxyl groups is 1. The second-order valence-electron chi connectivity index (χ2n) is 11.4. The van der Waals surface area contributed by atoms with E-state index in [0.717, 1.165) is 31.4 Å². The number of aryl methyl sites for hydroxylation is 1. The van der Waals surface area contributed by atoms with Crippen molar-refractivity contribution in [3.63, 3.8) is 0 Å². The monoisotopic (exact) mass is 437 g/mol. The number of carbonyl (C=O) groups is 1. The number of furan rings is 1. The van der Waals surface area contributed by atoms with Gasteiger partial charge < -0.3 is 14.8 Å². The normalized spacial score (nSPS) is 24.1. The maximum absolute atomic E-state index is 12.6. The third kappa shape index (κ3) is 4.66. The molecule has 0 radical (unpaired) electrons. The smallest absolute Gasteiger partial charge is 0.287 e. The van der Waals surface area contributed by atoms with E-state index in [2.05, 4.69) is 52.1 Å². The molecular formula is C28H39NO3. The highest BCUT2D eigenvalue weighted by Gasteiger charge is 2.37. The molecule has 0 bridgehead atoms. The number of hydrogen-bond donors (Lipinski definition) is 2. The van der Waals surface area contributed by atoms with E-state index in [-0.39, 0.29) is 28.8 Å². The van der Waals surface area contributed by atoms with Gasteiger partial charge in [0.25, 0.3) is 5.91 Å². The fourth-order valence-corrected chi connectivity index (χ4v) is 5.48. The molecule has 0 saturated heterocycles. The average Bonchev–Trinajstić information content (AvgIpc) is 3.20. The minimum atomic E-state index is -0.308. The Balaban J connectivity index is 1.47. The lowest BCUT2D eigenvalue weighted by Crippen LogP contribution is -2.36. The summed E-state index contributed by atoms with van der Waals surface area (Å²) in [6.07, 6.45) is 6.77. The van der Waals surface area contributed by atoms with Crippen LogP contribution in [0.1, 0.15) is 105 Å². The Kier molecular flexibility index (Phi) is 6.28. The second-order valence-corrected chi connectivity index (χ2v) is 11.4. The van der Waals surface area contributed by atoms with Gasteiger partial charge in [0.2, 0.25) is 0 Å². The van der Waals surface area contributed by atoms with Crippen molar-refractivity contribution in [1.82, 2.24) is 5.32 Å². The summed E-state index contributed by atoms with van der Waals surface area (Å²) in [5.74, 6) is 1.11. The predicted molar refractivity (Wildman–Crippen MR) is 128 cm³/mol. The van der Waals surface area contributed by atoms with Gasteiger partial charge in [-0.3, -0.25) is 4.79 Å². The number of rotatable bonds is 5. The van der Waals surface area contributed by atoms with Crippen molar-refractivity contribution < 1.29 is 14.3 Å². The van der Waals surface area contributed by atoms with E-state index in [9.17, 15) is 9.90 Å². The zero-order valence-corrected chi connectivity index (χ0v) is 20.4. The van der Waals surface area contributed by atoms with E-state index >= 15 is 0 Å². The molecule has 1 aromatic heterocycles. The van der Waals surface area contributed by atoms with Crippen molar-refractivity contribution in [3.8, 4) is 0 Å². The number of benzene rings is 1. The Morgan fingerprint density at radius 1 is 1.06 bits per heavy atom. The second kappa shape index (κ2) is 8.70. The van der Waals surface area contributed by atoms with E-state index in [1.165, 1.54) is 35.1 Å². The molecular weight excluding hydrogens is 398 g/mol. The van der Waals surface area contributed by atoms with Crippen molar-refractivity contribution in [1.29, 1.82) is 0 Å². The third-order valence-electron chi connectivity index (χ3n) is 7.95. The summed E-state index contributed by atoms with van der Waals surface area (Å²) in [5.41, 5.74) is 5.84. The molecule has 4 heteroatoms. The van der Waals surface area contributed by atoms with Gasteiger partial charge in [-0.25, -0.2) is 0 Å². The molecule has 2 N–H and O–H groups in total. The first-order valence-electron chi connectivity index (χ1n) is 12.3. The average molecular weight is 438 g/mol. The Bertz CT molecular complexity index is 985. The third-order valence-corrected chi connectivity index (χ3v) is 7.95. The molecule has 1 aromatic carbocycles. The minimum Gasteiger partial charge on any atom is -0.456 e. The van der Waals surface area contributed by atoms with Crippen LogP contribution in [0.3, 0.4) is 0 Å². The highest BCUT2D eigenvalue weighted by Crippen LogP contribution is 2.46. The van der Waals surface area contributed by atoms with E-state index in [0.29, 0.717) is 18.7 Å². The Morgan fingerprint density at radius 2 is 1.72 bits per heavy atom. The first-order chi connectivity index (χ1) is 15.1. The number of fused-ring (bicyclic) bond motifs is 1. The Labute approximate surface area is 192 Å². The zero-order chi connectivity index (χ0) is 23.1. The highest BCUT2D eigenvalue weighted by atomic mass is 16.3. The van der Waals surface area contributed by atoms with Gasteiger partial charge in [-0.1, -0.05) is 52.7 Å². The molecule has 1 heterocycles. The first kappa shape index (κ1) is 23.1. The maximum atomic E-state index is 12.6. The largest absolute Gasteiger partial charge is 0.456 e. The molecule has 4 nitrogen and oxygen atoms in total. The van der Waals surface area contributed by atoms with Gasteiger partial charge in [-0.2, -0.15) is 0 Å². The van der Waals surface area contributed by atoms with Crippen molar-refractivity contribution in [2.45, 2.75) is 96.5 Å². The molecule has 2 aliphatic carbocycles. The molecule has 0 aliphatic heterocycles. The predicted octanol–water partition coefficient (Wildman–Crippen LogP) is 5.81. The Morgan fingerprint density at radius 3 is 2.41 bits per heavy atom. The fraction of sp³-hybridized carbons (Fsp3) is 0.607. The van der Waals surface area contributed by atoms with E-state index < -0.39 is 0 Å². The maximum Gasteiger partial charge on any atom is 0.287 e. The zero-order valence-electron chi connectivity index (χ0n) is 20.4. The summed E-state index contributed by atoms with van der Waals surface area (Å²) in [6.45, 7) is 12.1. The molecule has 2 atom stereocenters. The van der Waals surface area contributed by atoms with Gasteiger partial charge in [0, 0.05) is 18.9 Å². The molecule has 1 saturated carbocycles.